The van der Waals surface area contributed by atoms with Gasteiger partial charge in [-0.25, -0.2) is 4.79 Å². The zero-order valence-corrected chi connectivity index (χ0v) is 11.9. The minimum atomic E-state index is -0.947. The number of hydrogen-bond acceptors (Lipinski definition) is 3. The molecule has 3 nitrogen and oxygen atoms in total. The first-order valence-corrected chi connectivity index (χ1v) is 7.14. The molecule has 2 rings (SSSR count). The van der Waals surface area contributed by atoms with E-state index >= 15 is 0 Å². The molecule has 1 aromatic heterocycles. The fraction of sp³-hybridized carbons (Fsp3) is 0.267. The Balaban J connectivity index is 2.68. The molecule has 0 bridgehead atoms. The molecular weight excluding hydrogens is 258 g/mol. The Morgan fingerprint density at radius 2 is 1.95 bits per heavy atom. The van der Waals surface area contributed by atoms with Crippen molar-refractivity contribution in [2.45, 2.75) is 26.7 Å². The second-order valence-corrected chi connectivity index (χ2v) is 5.34. The Morgan fingerprint density at radius 3 is 2.53 bits per heavy atom. The van der Waals surface area contributed by atoms with Crippen LogP contribution >= 0.6 is 11.3 Å². The number of carbonyl (C=O) groups is 1. The van der Waals surface area contributed by atoms with Crippen molar-refractivity contribution >= 4 is 23.0 Å². The summed E-state index contributed by atoms with van der Waals surface area (Å²) in [6.07, 6.45) is 1.66. The molecule has 0 amide bonds. The van der Waals surface area contributed by atoms with Crippen molar-refractivity contribution in [1.82, 2.24) is 0 Å². The standard InChI is InChI=1S/C15H17NO2S/c1-3-9-7-5-6-8-11(9)13-10(4-2)12(16)14(19-13)15(17)18/h5-8H,3-4,16H2,1-2H3,(H,17,18). The van der Waals surface area contributed by atoms with Crippen molar-refractivity contribution < 1.29 is 9.90 Å². The third-order valence-corrected chi connectivity index (χ3v) is 4.51. The highest BCUT2D eigenvalue weighted by atomic mass is 32.1. The van der Waals surface area contributed by atoms with Gasteiger partial charge in [-0.15, -0.1) is 11.3 Å². The normalized spacial score (nSPS) is 10.6. The van der Waals surface area contributed by atoms with Gasteiger partial charge in [-0.05, 0) is 29.5 Å². The highest BCUT2D eigenvalue weighted by Gasteiger charge is 2.21. The number of thiophene rings is 1. The number of carboxylic acids is 1. The van der Waals surface area contributed by atoms with Crippen LogP contribution < -0.4 is 5.73 Å². The van der Waals surface area contributed by atoms with Gasteiger partial charge >= 0.3 is 5.97 Å². The topological polar surface area (TPSA) is 63.3 Å². The van der Waals surface area contributed by atoms with Crippen LogP contribution in [0.4, 0.5) is 5.69 Å². The molecule has 0 spiro atoms. The molecule has 0 atom stereocenters. The van der Waals surface area contributed by atoms with E-state index in [2.05, 4.69) is 13.0 Å². The molecule has 0 fully saturated rings. The summed E-state index contributed by atoms with van der Waals surface area (Å²) in [6, 6.07) is 8.09. The zero-order chi connectivity index (χ0) is 14.0. The summed E-state index contributed by atoms with van der Waals surface area (Å²) in [5.74, 6) is -0.947. The first-order valence-electron chi connectivity index (χ1n) is 6.32. The van der Waals surface area contributed by atoms with Crippen LogP contribution in [0.3, 0.4) is 0 Å². The van der Waals surface area contributed by atoms with Crippen LogP contribution in [-0.4, -0.2) is 11.1 Å². The first kappa shape index (κ1) is 13.6. The lowest BCUT2D eigenvalue weighted by atomic mass is 10.00. The predicted molar refractivity (Wildman–Crippen MR) is 79.9 cm³/mol. The molecule has 0 saturated heterocycles. The van der Waals surface area contributed by atoms with Gasteiger partial charge in [0.25, 0.3) is 0 Å². The molecule has 4 heteroatoms. The van der Waals surface area contributed by atoms with Gasteiger partial charge in [0.1, 0.15) is 4.88 Å². The molecule has 0 aliphatic carbocycles. The van der Waals surface area contributed by atoms with Crippen molar-refractivity contribution in [3.63, 3.8) is 0 Å². The van der Waals surface area contributed by atoms with E-state index in [-0.39, 0.29) is 4.88 Å². The maximum Gasteiger partial charge on any atom is 0.348 e. The number of hydrogen-bond donors (Lipinski definition) is 2. The van der Waals surface area contributed by atoms with Crippen molar-refractivity contribution in [3.8, 4) is 10.4 Å². The van der Waals surface area contributed by atoms with Gasteiger partial charge in [0.2, 0.25) is 0 Å². The van der Waals surface area contributed by atoms with Crippen LogP contribution in [0.15, 0.2) is 24.3 Å². The molecule has 0 aliphatic rings. The molecule has 0 saturated carbocycles. The van der Waals surface area contributed by atoms with Crippen LogP contribution in [0.2, 0.25) is 0 Å². The molecule has 1 aromatic carbocycles. The van der Waals surface area contributed by atoms with E-state index in [0.717, 1.165) is 28.8 Å². The second kappa shape index (κ2) is 5.45. The largest absolute Gasteiger partial charge is 0.477 e. The number of rotatable bonds is 4. The van der Waals surface area contributed by atoms with E-state index in [0.29, 0.717) is 5.69 Å². The molecular formula is C15H17NO2S. The summed E-state index contributed by atoms with van der Waals surface area (Å²) < 4.78 is 0. The number of benzene rings is 1. The van der Waals surface area contributed by atoms with Gasteiger partial charge in [-0.3, -0.25) is 0 Å². The van der Waals surface area contributed by atoms with E-state index in [9.17, 15) is 9.90 Å². The van der Waals surface area contributed by atoms with Crippen molar-refractivity contribution in [1.29, 1.82) is 0 Å². The van der Waals surface area contributed by atoms with Gasteiger partial charge in [-0.1, -0.05) is 38.1 Å². The minimum absolute atomic E-state index is 0.248. The fourth-order valence-electron chi connectivity index (χ4n) is 2.26. The van der Waals surface area contributed by atoms with E-state index < -0.39 is 5.97 Å². The summed E-state index contributed by atoms with van der Waals surface area (Å²) >= 11 is 1.28. The number of carboxylic acid groups (broad SMARTS) is 1. The monoisotopic (exact) mass is 275 g/mol. The van der Waals surface area contributed by atoms with Crippen molar-refractivity contribution in [2.75, 3.05) is 5.73 Å². The number of aromatic carboxylic acids is 1. The average Bonchev–Trinajstić information content (AvgIpc) is 2.75. The lowest BCUT2D eigenvalue weighted by molar-refractivity contribution is 0.0703. The number of anilines is 1. The lowest BCUT2D eigenvalue weighted by Crippen LogP contribution is -1.99. The Labute approximate surface area is 116 Å². The fourth-order valence-corrected chi connectivity index (χ4v) is 3.47. The first-order chi connectivity index (χ1) is 9.10. The van der Waals surface area contributed by atoms with Crippen LogP contribution in [0, 0.1) is 0 Å². The van der Waals surface area contributed by atoms with Gasteiger partial charge in [0.05, 0.1) is 5.69 Å². The van der Waals surface area contributed by atoms with Gasteiger partial charge in [0.15, 0.2) is 0 Å². The molecule has 19 heavy (non-hydrogen) atoms. The molecule has 1 heterocycles. The molecule has 0 radical (unpaired) electrons. The second-order valence-electron chi connectivity index (χ2n) is 4.32. The smallest absolute Gasteiger partial charge is 0.348 e. The Kier molecular flexibility index (Phi) is 3.90. The third kappa shape index (κ3) is 2.36. The van der Waals surface area contributed by atoms with Gasteiger partial charge in [0, 0.05) is 4.88 Å². The van der Waals surface area contributed by atoms with Crippen LogP contribution in [-0.2, 0) is 12.8 Å². The lowest BCUT2D eigenvalue weighted by Gasteiger charge is -2.08. The van der Waals surface area contributed by atoms with Crippen molar-refractivity contribution in [3.05, 3.63) is 40.3 Å². The third-order valence-electron chi connectivity index (χ3n) is 3.24. The quantitative estimate of drug-likeness (QED) is 0.891. The summed E-state index contributed by atoms with van der Waals surface area (Å²) in [4.78, 5) is 12.5. The molecule has 0 unspecified atom stereocenters. The highest BCUT2D eigenvalue weighted by molar-refractivity contribution is 7.18. The highest BCUT2D eigenvalue weighted by Crippen LogP contribution is 2.40. The van der Waals surface area contributed by atoms with Crippen LogP contribution in [0.5, 0.6) is 0 Å². The predicted octanol–water partition coefficient (Wildman–Crippen LogP) is 3.82. The average molecular weight is 275 g/mol. The van der Waals surface area contributed by atoms with Crippen molar-refractivity contribution in [2.24, 2.45) is 0 Å². The summed E-state index contributed by atoms with van der Waals surface area (Å²) in [5.41, 5.74) is 9.66. The van der Waals surface area contributed by atoms with Gasteiger partial charge in [-0.2, -0.15) is 0 Å². The molecule has 0 aliphatic heterocycles. The zero-order valence-electron chi connectivity index (χ0n) is 11.1. The van der Waals surface area contributed by atoms with E-state index in [1.807, 2.05) is 25.1 Å². The Bertz CT molecular complexity index is 617. The Morgan fingerprint density at radius 1 is 1.26 bits per heavy atom. The number of nitrogens with two attached hydrogens (primary N) is 1. The van der Waals surface area contributed by atoms with E-state index in [1.54, 1.807) is 0 Å². The molecule has 100 valence electrons. The summed E-state index contributed by atoms with van der Waals surface area (Å²) in [7, 11) is 0. The maximum absolute atomic E-state index is 11.2. The Hall–Kier alpha value is -1.81. The van der Waals surface area contributed by atoms with E-state index in [4.69, 9.17) is 5.73 Å². The van der Waals surface area contributed by atoms with Gasteiger partial charge < -0.3 is 10.8 Å². The molecule has 2 aromatic rings. The summed E-state index contributed by atoms with van der Waals surface area (Å²) in [5, 5.41) is 9.20. The number of nitrogen functional groups attached to an aromatic ring is 1. The molecule has 3 N–H and O–H groups in total. The van der Waals surface area contributed by atoms with Crippen LogP contribution in [0.25, 0.3) is 10.4 Å². The maximum atomic E-state index is 11.2. The SMILES string of the molecule is CCc1ccccc1-c1sc(C(=O)O)c(N)c1CC. The van der Waals surface area contributed by atoms with Crippen LogP contribution in [0.1, 0.15) is 34.6 Å². The van der Waals surface area contributed by atoms with E-state index in [1.165, 1.54) is 16.9 Å². The summed E-state index contributed by atoms with van der Waals surface area (Å²) in [6.45, 7) is 4.10. The number of aryl methyl sites for hydroxylation is 1. The minimum Gasteiger partial charge on any atom is -0.477 e.